The third-order valence-corrected chi connectivity index (χ3v) is 1.36. The van der Waals surface area contributed by atoms with Gasteiger partial charge in [-0.2, -0.15) is 11.8 Å². The molecule has 0 N–H and O–H groups in total. The minimum atomic E-state index is -0.0472. The summed E-state index contributed by atoms with van der Waals surface area (Å²) in [4.78, 5) is 20.9. The fourth-order valence-corrected chi connectivity index (χ4v) is 0.914. The van der Waals surface area contributed by atoms with E-state index in [0.717, 1.165) is 0 Å². The first-order valence-corrected chi connectivity index (χ1v) is 4.06. The predicted molar refractivity (Wildman–Crippen MR) is 38.7 cm³/mol. The highest BCUT2D eigenvalue weighted by molar-refractivity contribution is 7.99. The Hall–Kier alpha value is -0.310. The number of thioether (sulfide) groups is 1. The molecule has 0 rings (SSSR count). The minimum absolute atomic E-state index is 0.0231. The Morgan fingerprint density at radius 3 is 2.33 bits per heavy atom. The van der Waals surface area contributed by atoms with Crippen molar-refractivity contribution in [3.63, 3.8) is 0 Å². The molecule has 0 atom stereocenters. The summed E-state index contributed by atoms with van der Waals surface area (Å²) < 4.78 is 0. The largest absolute Gasteiger partial charge is 0.300 e. The van der Waals surface area contributed by atoms with Gasteiger partial charge in [0.15, 0.2) is 0 Å². The van der Waals surface area contributed by atoms with Crippen LogP contribution in [0.15, 0.2) is 0 Å². The van der Waals surface area contributed by atoms with Crippen LogP contribution in [0.5, 0.6) is 0 Å². The van der Waals surface area contributed by atoms with Crippen molar-refractivity contribution in [2.45, 2.75) is 13.3 Å². The van der Waals surface area contributed by atoms with Crippen LogP contribution < -0.4 is 0 Å². The summed E-state index contributed by atoms with van der Waals surface area (Å²) in [6, 6.07) is 0. The third kappa shape index (κ3) is 5.56. The van der Waals surface area contributed by atoms with Gasteiger partial charge in [-0.15, -0.1) is 0 Å². The topological polar surface area (TPSA) is 34.1 Å². The highest BCUT2D eigenvalue weighted by Crippen LogP contribution is 1.95. The Kier molecular flexibility index (Phi) is 4.40. The van der Waals surface area contributed by atoms with Crippen LogP contribution in [0.2, 0.25) is 0 Å². The highest BCUT2D eigenvalue weighted by atomic mass is 32.2. The number of hydrogen-bond donors (Lipinski definition) is 0. The second kappa shape index (κ2) is 4.56. The molecule has 52 valence electrons. The molecule has 0 heterocycles. The summed E-state index contributed by atoms with van der Waals surface area (Å²) in [7, 11) is 0. The van der Waals surface area contributed by atoms with Gasteiger partial charge in [0, 0.05) is 0 Å². The summed E-state index contributed by atoms with van der Waals surface area (Å²) in [6.45, 7) is 1.43. The van der Waals surface area contributed by atoms with Gasteiger partial charge >= 0.3 is 0 Å². The first-order valence-electron chi connectivity index (χ1n) is 2.67. The molecule has 0 aromatic carbocycles. The molecule has 0 saturated heterocycles. The van der Waals surface area contributed by atoms with Gasteiger partial charge in [-0.25, -0.2) is 0 Å². The Bertz CT molecular complexity index is 120. The van der Waals surface area contributed by atoms with E-state index in [1.54, 1.807) is 0 Å². The maximum Gasteiger partial charge on any atom is 0.150 e. The molecule has 0 aliphatic carbocycles. The summed E-state index contributed by atoms with van der Waals surface area (Å²) in [5, 5.41) is 0. The van der Waals surface area contributed by atoms with Crippen molar-refractivity contribution in [3.05, 3.63) is 0 Å². The lowest BCUT2D eigenvalue weighted by atomic mass is 10.2. The standard InChI is InChI=1S/C6H10O2S/c1-5(7)3-6(8)4-9-2/h3-4H2,1-2H3. The first kappa shape index (κ1) is 8.69. The zero-order chi connectivity index (χ0) is 7.28. The average Bonchev–Trinajstić information content (AvgIpc) is 1.63. The molecule has 0 aliphatic heterocycles. The van der Waals surface area contributed by atoms with E-state index < -0.39 is 0 Å². The van der Waals surface area contributed by atoms with E-state index in [-0.39, 0.29) is 18.0 Å². The maximum atomic E-state index is 10.6. The molecular formula is C6H10O2S. The van der Waals surface area contributed by atoms with E-state index in [9.17, 15) is 9.59 Å². The van der Waals surface area contributed by atoms with Gasteiger partial charge in [-0.05, 0) is 13.2 Å². The van der Waals surface area contributed by atoms with E-state index in [0.29, 0.717) is 5.75 Å². The summed E-state index contributed by atoms with van der Waals surface area (Å²) >= 11 is 1.45. The number of carbonyl (C=O) groups is 2. The zero-order valence-corrected chi connectivity index (χ0v) is 6.46. The smallest absolute Gasteiger partial charge is 0.150 e. The van der Waals surface area contributed by atoms with Gasteiger partial charge in [0.1, 0.15) is 11.6 Å². The highest BCUT2D eigenvalue weighted by Gasteiger charge is 2.02. The monoisotopic (exact) mass is 146 g/mol. The van der Waals surface area contributed by atoms with Crippen molar-refractivity contribution in [2.24, 2.45) is 0 Å². The molecule has 2 nitrogen and oxygen atoms in total. The van der Waals surface area contributed by atoms with E-state index in [1.807, 2.05) is 6.26 Å². The van der Waals surface area contributed by atoms with Gasteiger partial charge in [-0.3, -0.25) is 9.59 Å². The Balaban J connectivity index is 3.39. The molecule has 0 unspecified atom stereocenters. The Labute approximate surface area is 59.0 Å². The van der Waals surface area contributed by atoms with Crippen molar-refractivity contribution in [3.8, 4) is 0 Å². The molecule has 3 heteroatoms. The average molecular weight is 146 g/mol. The van der Waals surface area contributed by atoms with Gasteiger partial charge in [0.25, 0.3) is 0 Å². The van der Waals surface area contributed by atoms with Crippen LogP contribution in [-0.2, 0) is 9.59 Å². The van der Waals surface area contributed by atoms with Crippen molar-refractivity contribution < 1.29 is 9.59 Å². The molecule has 0 bridgehead atoms. The lowest BCUT2D eigenvalue weighted by Gasteiger charge is -1.91. The quantitative estimate of drug-likeness (QED) is 0.552. The number of Topliss-reactive ketones (excluding diaryl/α,β-unsaturated/α-hetero) is 2. The molecular weight excluding hydrogens is 136 g/mol. The van der Waals surface area contributed by atoms with Crippen molar-refractivity contribution in [1.82, 2.24) is 0 Å². The molecule has 0 amide bonds. The number of carbonyl (C=O) groups excluding carboxylic acids is 2. The van der Waals surface area contributed by atoms with Crippen LogP contribution in [0.25, 0.3) is 0 Å². The molecule has 0 aromatic heterocycles. The minimum Gasteiger partial charge on any atom is -0.300 e. The summed E-state index contributed by atoms with van der Waals surface area (Å²) in [6.07, 6.45) is 1.94. The SMILES string of the molecule is CSCC(=O)CC(C)=O. The van der Waals surface area contributed by atoms with Gasteiger partial charge in [-0.1, -0.05) is 0 Å². The van der Waals surface area contributed by atoms with Crippen LogP contribution in [0, 0.1) is 0 Å². The fourth-order valence-electron chi connectivity index (χ4n) is 0.490. The van der Waals surface area contributed by atoms with E-state index in [1.165, 1.54) is 18.7 Å². The normalized spacial score (nSPS) is 9.11. The number of rotatable bonds is 4. The molecule has 9 heavy (non-hydrogen) atoms. The molecule has 0 aliphatic rings. The second-order valence-corrected chi connectivity index (χ2v) is 2.72. The third-order valence-electron chi connectivity index (χ3n) is 0.751. The van der Waals surface area contributed by atoms with Crippen molar-refractivity contribution in [1.29, 1.82) is 0 Å². The fraction of sp³-hybridized carbons (Fsp3) is 0.667. The lowest BCUT2D eigenvalue weighted by Crippen LogP contribution is -2.05. The van der Waals surface area contributed by atoms with E-state index in [4.69, 9.17) is 0 Å². The molecule has 0 radical (unpaired) electrons. The lowest BCUT2D eigenvalue weighted by molar-refractivity contribution is -0.124. The van der Waals surface area contributed by atoms with E-state index in [2.05, 4.69) is 0 Å². The zero-order valence-electron chi connectivity index (χ0n) is 5.64. The van der Waals surface area contributed by atoms with Gasteiger partial charge in [0.2, 0.25) is 0 Å². The molecule has 0 fully saturated rings. The van der Waals surface area contributed by atoms with Crippen LogP contribution in [0.4, 0.5) is 0 Å². The van der Waals surface area contributed by atoms with Crippen LogP contribution in [0.3, 0.4) is 0 Å². The summed E-state index contributed by atoms with van der Waals surface area (Å²) in [5.74, 6) is 0.434. The first-order chi connectivity index (χ1) is 4.16. The van der Waals surface area contributed by atoms with Crippen LogP contribution in [-0.4, -0.2) is 23.6 Å². The van der Waals surface area contributed by atoms with Crippen molar-refractivity contribution >= 4 is 23.3 Å². The maximum absolute atomic E-state index is 10.6. The second-order valence-electron chi connectivity index (χ2n) is 1.85. The van der Waals surface area contributed by atoms with Crippen LogP contribution in [0.1, 0.15) is 13.3 Å². The number of hydrogen-bond acceptors (Lipinski definition) is 3. The van der Waals surface area contributed by atoms with Gasteiger partial charge < -0.3 is 0 Å². The van der Waals surface area contributed by atoms with Gasteiger partial charge in [0.05, 0.1) is 12.2 Å². The Morgan fingerprint density at radius 1 is 1.44 bits per heavy atom. The molecule has 0 aromatic rings. The molecule has 0 spiro atoms. The number of ketones is 2. The Morgan fingerprint density at radius 2 is 2.00 bits per heavy atom. The van der Waals surface area contributed by atoms with Crippen molar-refractivity contribution in [2.75, 3.05) is 12.0 Å². The van der Waals surface area contributed by atoms with Crippen LogP contribution >= 0.6 is 11.8 Å². The summed E-state index contributed by atoms with van der Waals surface area (Å²) in [5.41, 5.74) is 0. The van der Waals surface area contributed by atoms with E-state index >= 15 is 0 Å². The molecule has 0 saturated carbocycles. The predicted octanol–water partition coefficient (Wildman–Crippen LogP) is 0.898.